The van der Waals surface area contributed by atoms with Gasteiger partial charge in [-0.15, -0.1) is 0 Å². The summed E-state index contributed by atoms with van der Waals surface area (Å²) in [6.45, 7) is 4.60. The Morgan fingerprint density at radius 3 is 2.68 bits per heavy atom. The number of carbonyl (C=O) groups is 1. The van der Waals surface area contributed by atoms with Crippen molar-refractivity contribution >= 4 is 6.09 Å². The second kappa shape index (κ2) is 7.12. The Hall–Kier alpha value is -2.29. The highest BCUT2D eigenvalue weighted by molar-refractivity contribution is 5.64. The molecule has 0 fully saturated rings. The second-order valence-electron chi connectivity index (χ2n) is 4.40. The predicted octanol–water partition coefficient (Wildman–Crippen LogP) is 2.35. The van der Waals surface area contributed by atoms with Crippen molar-refractivity contribution in [2.75, 3.05) is 6.61 Å². The van der Waals surface area contributed by atoms with Gasteiger partial charge < -0.3 is 20.3 Å². The van der Waals surface area contributed by atoms with Gasteiger partial charge in [-0.2, -0.15) is 13.2 Å². The fraction of sp³-hybridized carbons (Fsp3) is 0.385. The van der Waals surface area contributed by atoms with Crippen molar-refractivity contribution in [3.63, 3.8) is 0 Å². The summed E-state index contributed by atoms with van der Waals surface area (Å²) in [6.07, 6.45) is -6.31. The molecule has 0 aliphatic heterocycles. The van der Waals surface area contributed by atoms with Crippen LogP contribution in [-0.2, 0) is 6.18 Å². The van der Waals surface area contributed by atoms with E-state index in [-0.39, 0.29) is 18.2 Å². The molecular weight excluding hydrogens is 305 g/mol. The summed E-state index contributed by atoms with van der Waals surface area (Å²) in [5, 5.41) is 20.5. The molecule has 0 saturated heterocycles. The fourth-order valence-electron chi connectivity index (χ4n) is 1.59. The maximum Gasteiger partial charge on any atom is 0.416 e. The third kappa shape index (κ3) is 4.92. The van der Waals surface area contributed by atoms with Crippen LogP contribution in [0.4, 0.5) is 18.0 Å². The van der Waals surface area contributed by atoms with Gasteiger partial charge >= 0.3 is 12.3 Å². The first-order valence-electron chi connectivity index (χ1n) is 6.15. The van der Waals surface area contributed by atoms with Crippen molar-refractivity contribution in [3.05, 3.63) is 36.0 Å². The average molecular weight is 320 g/mol. The highest BCUT2D eigenvalue weighted by atomic mass is 19.4. The number of alkyl halides is 3. The maximum absolute atomic E-state index is 12.8. The fourth-order valence-corrected chi connectivity index (χ4v) is 1.59. The molecule has 0 unspecified atom stereocenters. The summed E-state index contributed by atoms with van der Waals surface area (Å²) >= 11 is 0. The Morgan fingerprint density at radius 2 is 2.18 bits per heavy atom. The van der Waals surface area contributed by atoms with Crippen molar-refractivity contribution in [1.82, 2.24) is 10.3 Å². The van der Waals surface area contributed by atoms with Crippen LogP contribution >= 0.6 is 0 Å². The predicted molar refractivity (Wildman–Crippen MR) is 70.5 cm³/mol. The lowest BCUT2D eigenvalue weighted by Crippen LogP contribution is -2.36. The molecule has 3 N–H and O–H groups in total. The first-order chi connectivity index (χ1) is 10.1. The molecule has 0 spiro atoms. The van der Waals surface area contributed by atoms with E-state index in [0.29, 0.717) is 12.1 Å². The minimum atomic E-state index is -4.66. The van der Waals surface area contributed by atoms with E-state index < -0.39 is 30.0 Å². The normalized spacial score (nSPS) is 14.0. The quantitative estimate of drug-likeness (QED) is 0.700. The van der Waals surface area contributed by atoms with Crippen LogP contribution < -0.4 is 10.1 Å². The largest absolute Gasteiger partial charge is 0.473 e. The number of pyridine rings is 1. The topological polar surface area (TPSA) is 91.7 Å². The van der Waals surface area contributed by atoms with Crippen LogP contribution in [0.15, 0.2) is 24.8 Å². The zero-order valence-electron chi connectivity index (χ0n) is 11.6. The zero-order valence-corrected chi connectivity index (χ0v) is 11.6. The SMILES string of the molecule is C=CCOc1cc(C(F)(F)F)cc([C@@H](O)[C@H](C)NC(=O)O)n1. The summed E-state index contributed by atoms with van der Waals surface area (Å²) in [5.41, 5.74) is -1.41. The Balaban J connectivity index is 3.16. The number of carboxylic acid groups (broad SMARTS) is 1. The summed E-state index contributed by atoms with van der Waals surface area (Å²) in [4.78, 5) is 14.3. The minimum Gasteiger partial charge on any atom is -0.473 e. The lowest BCUT2D eigenvalue weighted by molar-refractivity contribution is -0.137. The van der Waals surface area contributed by atoms with Crippen LogP contribution in [0.3, 0.4) is 0 Å². The van der Waals surface area contributed by atoms with Crippen LogP contribution in [0.2, 0.25) is 0 Å². The first-order valence-corrected chi connectivity index (χ1v) is 6.15. The monoisotopic (exact) mass is 320 g/mol. The van der Waals surface area contributed by atoms with E-state index in [4.69, 9.17) is 9.84 Å². The van der Waals surface area contributed by atoms with Crippen LogP contribution in [-0.4, -0.2) is 33.9 Å². The number of nitrogens with zero attached hydrogens (tertiary/aromatic N) is 1. The molecule has 2 atom stereocenters. The molecular formula is C13H15F3N2O4. The van der Waals surface area contributed by atoms with Crippen molar-refractivity contribution in [2.24, 2.45) is 0 Å². The number of hydrogen-bond donors (Lipinski definition) is 3. The second-order valence-corrected chi connectivity index (χ2v) is 4.40. The smallest absolute Gasteiger partial charge is 0.416 e. The van der Waals surface area contributed by atoms with Crippen LogP contribution in [0.25, 0.3) is 0 Å². The summed E-state index contributed by atoms with van der Waals surface area (Å²) in [7, 11) is 0. The Labute approximate surface area is 124 Å². The minimum absolute atomic E-state index is 0.0627. The molecule has 0 saturated carbocycles. The number of halogens is 3. The Bertz CT molecular complexity index is 549. The van der Waals surface area contributed by atoms with E-state index in [2.05, 4.69) is 11.6 Å². The highest BCUT2D eigenvalue weighted by Crippen LogP contribution is 2.33. The molecule has 1 aromatic heterocycles. The zero-order chi connectivity index (χ0) is 16.9. The molecule has 1 aromatic rings. The molecule has 0 aliphatic rings. The van der Waals surface area contributed by atoms with E-state index in [1.807, 2.05) is 5.32 Å². The number of nitrogens with one attached hydrogen (secondary N) is 1. The number of ether oxygens (including phenoxy) is 1. The van der Waals surface area contributed by atoms with Crippen molar-refractivity contribution in [1.29, 1.82) is 0 Å². The Kier molecular flexibility index (Phi) is 5.75. The van der Waals surface area contributed by atoms with Gasteiger partial charge in [-0.1, -0.05) is 12.7 Å². The van der Waals surface area contributed by atoms with Crippen molar-refractivity contribution in [3.8, 4) is 5.88 Å². The molecule has 1 heterocycles. The van der Waals surface area contributed by atoms with Gasteiger partial charge in [0.15, 0.2) is 0 Å². The van der Waals surface area contributed by atoms with Gasteiger partial charge in [0, 0.05) is 6.07 Å². The lowest BCUT2D eigenvalue weighted by atomic mass is 10.1. The number of rotatable bonds is 6. The van der Waals surface area contributed by atoms with E-state index in [0.717, 1.165) is 0 Å². The summed E-state index contributed by atoms with van der Waals surface area (Å²) in [6, 6.07) is 0.279. The van der Waals surface area contributed by atoms with Gasteiger partial charge in [0.05, 0.1) is 17.3 Å². The molecule has 22 heavy (non-hydrogen) atoms. The maximum atomic E-state index is 12.8. The molecule has 0 radical (unpaired) electrons. The van der Waals surface area contributed by atoms with E-state index in [1.165, 1.54) is 13.0 Å². The summed E-state index contributed by atoms with van der Waals surface area (Å²) < 4.78 is 43.5. The number of hydrogen-bond acceptors (Lipinski definition) is 4. The molecule has 6 nitrogen and oxygen atoms in total. The van der Waals surface area contributed by atoms with Crippen molar-refractivity contribution in [2.45, 2.75) is 25.2 Å². The lowest BCUT2D eigenvalue weighted by Gasteiger charge is -2.20. The van der Waals surface area contributed by atoms with E-state index in [1.54, 1.807) is 0 Å². The standard InChI is InChI=1S/C13H15F3N2O4/c1-3-4-22-10-6-8(13(14,15)16)5-9(18-10)11(19)7(2)17-12(20)21/h3,5-7,11,17,19H,1,4H2,2H3,(H,20,21)/t7-,11-/m0/s1. The molecule has 9 heteroatoms. The van der Waals surface area contributed by atoms with Gasteiger partial charge in [0.2, 0.25) is 5.88 Å². The van der Waals surface area contributed by atoms with E-state index >= 15 is 0 Å². The van der Waals surface area contributed by atoms with Gasteiger partial charge in [-0.05, 0) is 13.0 Å². The van der Waals surface area contributed by atoms with Crippen LogP contribution in [0.5, 0.6) is 5.88 Å². The first kappa shape index (κ1) is 17.8. The molecule has 0 aromatic carbocycles. The van der Waals surface area contributed by atoms with Gasteiger partial charge in [-0.3, -0.25) is 0 Å². The number of aromatic nitrogens is 1. The van der Waals surface area contributed by atoms with Crippen molar-refractivity contribution < 1.29 is 32.9 Å². The molecule has 0 bridgehead atoms. The van der Waals surface area contributed by atoms with Crippen LogP contribution in [0, 0.1) is 0 Å². The number of aliphatic hydroxyl groups is 1. The third-order valence-electron chi connectivity index (χ3n) is 2.63. The van der Waals surface area contributed by atoms with Crippen LogP contribution in [0.1, 0.15) is 24.3 Å². The molecule has 122 valence electrons. The summed E-state index contributed by atoms with van der Waals surface area (Å²) in [5.74, 6) is -0.341. The van der Waals surface area contributed by atoms with Gasteiger partial charge in [0.25, 0.3) is 0 Å². The number of amides is 1. The number of aliphatic hydroxyl groups excluding tert-OH is 1. The molecule has 0 aliphatic carbocycles. The molecule has 1 rings (SSSR count). The molecule has 1 amide bonds. The van der Waals surface area contributed by atoms with E-state index in [9.17, 15) is 23.1 Å². The Morgan fingerprint density at radius 1 is 1.55 bits per heavy atom. The third-order valence-corrected chi connectivity index (χ3v) is 2.63. The average Bonchev–Trinajstić information content (AvgIpc) is 2.42. The highest BCUT2D eigenvalue weighted by Gasteiger charge is 2.33. The van der Waals surface area contributed by atoms with Gasteiger partial charge in [-0.25, -0.2) is 9.78 Å². The van der Waals surface area contributed by atoms with Gasteiger partial charge in [0.1, 0.15) is 12.7 Å².